The molecule has 0 spiro atoms. The van der Waals surface area contributed by atoms with E-state index in [1.54, 1.807) is 17.3 Å². The highest BCUT2D eigenvalue weighted by Gasteiger charge is 2.24. The summed E-state index contributed by atoms with van der Waals surface area (Å²) in [5, 5.41) is 0. The van der Waals surface area contributed by atoms with Crippen molar-refractivity contribution in [3.63, 3.8) is 0 Å². The van der Waals surface area contributed by atoms with Crippen molar-refractivity contribution in [1.82, 2.24) is 19.8 Å². The lowest BCUT2D eigenvalue weighted by Crippen LogP contribution is -2.52. The summed E-state index contributed by atoms with van der Waals surface area (Å²) < 4.78 is 0. The van der Waals surface area contributed by atoms with Gasteiger partial charge in [0.1, 0.15) is 5.82 Å². The van der Waals surface area contributed by atoms with Gasteiger partial charge in [0.25, 0.3) is 0 Å². The van der Waals surface area contributed by atoms with Gasteiger partial charge in [-0.1, -0.05) is 30.3 Å². The Kier molecular flexibility index (Phi) is 6.57. The van der Waals surface area contributed by atoms with Crippen LogP contribution in [-0.2, 0) is 16.0 Å². The zero-order chi connectivity index (χ0) is 19.9. The third-order valence-corrected chi connectivity index (χ3v) is 5.07. The summed E-state index contributed by atoms with van der Waals surface area (Å²) in [5.74, 6) is 0.805. The fourth-order valence-electron chi connectivity index (χ4n) is 3.40. The number of carbonyl (C=O) groups excluding carboxylic acids is 2. The Morgan fingerprint density at radius 1 is 1.04 bits per heavy atom. The lowest BCUT2D eigenvalue weighted by Gasteiger charge is -2.36. The molecule has 1 aliphatic rings. The van der Waals surface area contributed by atoms with Crippen molar-refractivity contribution in [3.05, 3.63) is 54.0 Å². The monoisotopic (exact) mass is 381 g/mol. The van der Waals surface area contributed by atoms with Crippen molar-refractivity contribution >= 4 is 17.6 Å². The Morgan fingerprint density at radius 3 is 2.36 bits per heavy atom. The van der Waals surface area contributed by atoms with E-state index in [1.807, 2.05) is 42.2 Å². The van der Waals surface area contributed by atoms with E-state index < -0.39 is 0 Å². The van der Waals surface area contributed by atoms with Crippen LogP contribution in [0.3, 0.4) is 0 Å². The van der Waals surface area contributed by atoms with Gasteiger partial charge in [-0.3, -0.25) is 14.6 Å². The highest BCUT2D eigenvalue weighted by Crippen LogP contribution is 2.16. The van der Waals surface area contributed by atoms with Crippen LogP contribution in [0.15, 0.2) is 42.7 Å². The molecule has 7 nitrogen and oxygen atoms in total. The van der Waals surface area contributed by atoms with Gasteiger partial charge in [-0.05, 0) is 18.9 Å². The maximum absolute atomic E-state index is 12.7. The molecule has 2 aromatic rings. The van der Waals surface area contributed by atoms with Crippen LogP contribution in [0.5, 0.6) is 0 Å². The first-order valence-corrected chi connectivity index (χ1v) is 9.64. The van der Waals surface area contributed by atoms with Crippen LogP contribution in [-0.4, -0.2) is 70.9 Å². The number of hydrogen-bond acceptors (Lipinski definition) is 5. The normalized spacial score (nSPS) is 14.1. The van der Waals surface area contributed by atoms with Gasteiger partial charge in [0.2, 0.25) is 11.8 Å². The highest BCUT2D eigenvalue weighted by molar-refractivity contribution is 5.84. The van der Waals surface area contributed by atoms with Crippen molar-refractivity contribution in [2.75, 3.05) is 44.2 Å². The molecule has 3 rings (SSSR count). The van der Waals surface area contributed by atoms with Gasteiger partial charge in [-0.15, -0.1) is 0 Å². The lowest BCUT2D eigenvalue weighted by molar-refractivity contribution is -0.139. The SMILES string of the molecule is CC(=O)N(CCc1ccccc1)CC(=O)N1CCN(c2nccnc2C)CC1. The Hall–Kier alpha value is -2.96. The largest absolute Gasteiger partial charge is 0.352 e. The third kappa shape index (κ3) is 5.06. The van der Waals surface area contributed by atoms with Crippen molar-refractivity contribution in [3.8, 4) is 0 Å². The molecule has 0 radical (unpaired) electrons. The first-order chi connectivity index (χ1) is 13.5. The number of rotatable bonds is 6. The van der Waals surface area contributed by atoms with Crippen molar-refractivity contribution in [2.24, 2.45) is 0 Å². The van der Waals surface area contributed by atoms with Crippen LogP contribution < -0.4 is 4.90 Å². The van der Waals surface area contributed by atoms with Gasteiger partial charge >= 0.3 is 0 Å². The van der Waals surface area contributed by atoms with Gasteiger partial charge in [0, 0.05) is 52.0 Å². The molecule has 148 valence electrons. The average molecular weight is 381 g/mol. The Bertz CT molecular complexity index is 803. The summed E-state index contributed by atoms with van der Waals surface area (Å²) in [6.45, 7) is 6.82. The second-order valence-corrected chi connectivity index (χ2v) is 7.01. The number of benzene rings is 1. The van der Waals surface area contributed by atoms with E-state index in [2.05, 4.69) is 14.9 Å². The van der Waals surface area contributed by atoms with Crippen LogP contribution >= 0.6 is 0 Å². The molecule has 1 aromatic heterocycles. The standard InChI is InChI=1S/C21H27N5O2/c1-17-21(23-10-9-22-17)25-14-12-24(13-15-25)20(28)16-26(18(2)27)11-8-19-6-4-3-5-7-19/h3-7,9-10H,8,11-16H2,1-2H3. The van der Waals surface area contributed by atoms with E-state index in [0.717, 1.165) is 36.6 Å². The van der Waals surface area contributed by atoms with Crippen LogP contribution in [0.4, 0.5) is 5.82 Å². The third-order valence-electron chi connectivity index (χ3n) is 5.07. The molecule has 1 fully saturated rings. The summed E-state index contributed by atoms with van der Waals surface area (Å²) in [6.07, 6.45) is 4.12. The molecule has 1 aromatic carbocycles. The molecular formula is C21H27N5O2. The molecule has 0 unspecified atom stereocenters. The lowest BCUT2D eigenvalue weighted by atomic mass is 10.1. The minimum Gasteiger partial charge on any atom is -0.352 e. The minimum atomic E-state index is -0.0712. The molecule has 1 aliphatic heterocycles. The van der Waals surface area contributed by atoms with Crippen molar-refractivity contribution < 1.29 is 9.59 Å². The molecule has 0 bridgehead atoms. The zero-order valence-corrected chi connectivity index (χ0v) is 16.5. The summed E-state index contributed by atoms with van der Waals surface area (Å²) in [6, 6.07) is 10.0. The number of nitrogens with zero attached hydrogens (tertiary/aromatic N) is 5. The average Bonchev–Trinajstić information content (AvgIpc) is 2.72. The maximum atomic E-state index is 12.7. The Balaban J connectivity index is 1.52. The van der Waals surface area contributed by atoms with Crippen molar-refractivity contribution in [1.29, 1.82) is 0 Å². The molecular weight excluding hydrogens is 354 g/mol. The molecule has 7 heteroatoms. The fourth-order valence-corrected chi connectivity index (χ4v) is 3.40. The quantitative estimate of drug-likeness (QED) is 0.759. The predicted molar refractivity (Wildman–Crippen MR) is 108 cm³/mol. The molecule has 2 amide bonds. The van der Waals surface area contributed by atoms with Crippen LogP contribution in [0.2, 0.25) is 0 Å². The number of piperazine rings is 1. The van der Waals surface area contributed by atoms with Gasteiger partial charge in [-0.25, -0.2) is 4.98 Å². The van der Waals surface area contributed by atoms with Crippen LogP contribution in [0.25, 0.3) is 0 Å². The van der Waals surface area contributed by atoms with Crippen LogP contribution in [0.1, 0.15) is 18.2 Å². The summed E-state index contributed by atoms with van der Waals surface area (Å²) >= 11 is 0. The van der Waals surface area contributed by atoms with E-state index in [9.17, 15) is 9.59 Å². The highest BCUT2D eigenvalue weighted by atomic mass is 16.2. The summed E-state index contributed by atoms with van der Waals surface area (Å²) in [4.78, 5) is 39.0. The van der Waals surface area contributed by atoms with E-state index in [4.69, 9.17) is 0 Å². The van der Waals surface area contributed by atoms with E-state index in [0.29, 0.717) is 19.6 Å². The van der Waals surface area contributed by atoms with Gasteiger partial charge in [0.15, 0.2) is 0 Å². The number of amides is 2. The Morgan fingerprint density at radius 2 is 1.71 bits per heavy atom. The zero-order valence-electron chi connectivity index (χ0n) is 16.5. The first kappa shape index (κ1) is 19.8. The van der Waals surface area contributed by atoms with Gasteiger partial charge in [-0.2, -0.15) is 0 Å². The number of carbonyl (C=O) groups is 2. The van der Waals surface area contributed by atoms with Gasteiger partial charge in [0.05, 0.1) is 12.2 Å². The molecule has 1 saturated heterocycles. The molecule has 28 heavy (non-hydrogen) atoms. The fraction of sp³-hybridized carbons (Fsp3) is 0.429. The van der Waals surface area contributed by atoms with E-state index in [1.165, 1.54) is 6.92 Å². The van der Waals surface area contributed by atoms with Crippen LogP contribution in [0, 0.1) is 6.92 Å². The number of anilines is 1. The molecule has 0 aliphatic carbocycles. The topological polar surface area (TPSA) is 69.6 Å². The van der Waals surface area contributed by atoms with E-state index >= 15 is 0 Å². The smallest absolute Gasteiger partial charge is 0.242 e. The first-order valence-electron chi connectivity index (χ1n) is 9.64. The second-order valence-electron chi connectivity index (χ2n) is 7.01. The molecule has 0 atom stereocenters. The number of aromatic nitrogens is 2. The molecule has 0 N–H and O–H groups in total. The Labute approximate surface area is 166 Å². The number of hydrogen-bond donors (Lipinski definition) is 0. The number of aryl methyl sites for hydroxylation is 1. The predicted octanol–water partition coefficient (Wildman–Crippen LogP) is 1.52. The van der Waals surface area contributed by atoms with Crippen molar-refractivity contribution in [2.45, 2.75) is 20.3 Å². The molecule has 2 heterocycles. The summed E-state index contributed by atoms with van der Waals surface area (Å²) in [7, 11) is 0. The molecule has 0 saturated carbocycles. The van der Waals surface area contributed by atoms with Gasteiger partial charge < -0.3 is 14.7 Å². The maximum Gasteiger partial charge on any atom is 0.242 e. The summed E-state index contributed by atoms with van der Waals surface area (Å²) in [5.41, 5.74) is 2.06. The minimum absolute atomic E-state index is 0.00113. The second kappa shape index (κ2) is 9.30. The van der Waals surface area contributed by atoms with E-state index in [-0.39, 0.29) is 18.4 Å².